The highest BCUT2D eigenvalue weighted by molar-refractivity contribution is 4.86. The Labute approximate surface area is 127 Å². The van der Waals surface area contributed by atoms with Gasteiger partial charge in [0.25, 0.3) is 0 Å². The highest BCUT2D eigenvalue weighted by Crippen LogP contribution is 2.24. The molecule has 0 aromatic carbocycles. The van der Waals surface area contributed by atoms with Crippen LogP contribution in [0.5, 0.6) is 0 Å². The first-order valence-electron chi connectivity index (χ1n) is 7.99. The van der Waals surface area contributed by atoms with Crippen molar-refractivity contribution < 1.29 is 24.8 Å². The number of unbranched alkanes of at least 4 members (excludes halogenated alkanes) is 5. The molecule has 3 N–H and O–H groups in total. The maximum absolute atomic E-state index is 9.78. The lowest BCUT2D eigenvalue weighted by atomic mass is 10.1. The Hall–Kier alpha value is -0.460. The molecule has 1 aliphatic rings. The van der Waals surface area contributed by atoms with Gasteiger partial charge in [0.15, 0.2) is 6.29 Å². The van der Waals surface area contributed by atoms with Crippen molar-refractivity contribution in [3.8, 4) is 0 Å². The van der Waals surface area contributed by atoms with Gasteiger partial charge in [-0.1, -0.05) is 31.8 Å². The second-order valence-electron chi connectivity index (χ2n) is 5.79. The molecule has 0 amide bonds. The summed E-state index contributed by atoms with van der Waals surface area (Å²) in [7, 11) is 0. The van der Waals surface area contributed by atoms with Gasteiger partial charge in [0.05, 0.1) is 12.7 Å². The van der Waals surface area contributed by atoms with E-state index in [2.05, 4.69) is 6.58 Å². The average Bonchev–Trinajstić information content (AvgIpc) is 2.74. The number of hydrogen-bond donors (Lipinski definition) is 3. The summed E-state index contributed by atoms with van der Waals surface area (Å²) >= 11 is 0. The summed E-state index contributed by atoms with van der Waals surface area (Å²) in [6.07, 6.45) is 6.01. The van der Waals surface area contributed by atoms with E-state index in [9.17, 15) is 10.2 Å². The molecule has 1 fully saturated rings. The van der Waals surface area contributed by atoms with E-state index in [1.54, 1.807) is 0 Å². The van der Waals surface area contributed by atoms with Gasteiger partial charge in [0, 0.05) is 0 Å². The Morgan fingerprint density at radius 2 is 1.81 bits per heavy atom. The van der Waals surface area contributed by atoms with Gasteiger partial charge in [0.2, 0.25) is 0 Å². The molecule has 0 aromatic rings. The Kier molecular flexibility index (Phi) is 9.11. The second kappa shape index (κ2) is 10.3. The number of hydrogen-bond acceptors (Lipinski definition) is 5. The van der Waals surface area contributed by atoms with Crippen LogP contribution in [0.4, 0.5) is 0 Å². The minimum atomic E-state index is -1.09. The van der Waals surface area contributed by atoms with Crippen LogP contribution in [0.1, 0.15) is 51.9 Å². The van der Waals surface area contributed by atoms with E-state index in [0.717, 1.165) is 19.3 Å². The molecule has 1 heterocycles. The van der Waals surface area contributed by atoms with Gasteiger partial charge in [-0.15, -0.1) is 6.58 Å². The van der Waals surface area contributed by atoms with E-state index in [4.69, 9.17) is 14.6 Å². The van der Waals surface area contributed by atoms with Crippen molar-refractivity contribution in [1.82, 2.24) is 0 Å². The van der Waals surface area contributed by atoms with Gasteiger partial charge in [-0.25, -0.2) is 0 Å². The van der Waals surface area contributed by atoms with Crippen molar-refractivity contribution in [2.24, 2.45) is 0 Å². The molecule has 0 bridgehead atoms. The number of allylic oxidation sites excluding steroid dienone is 1. The van der Waals surface area contributed by atoms with E-state index >= 15 is 0 Å². The Morgan fingerprint density at radius 1 is 1.14 bits per heavy atom. The maximum atomic E-state index is 9.78. The van der Waals surface area contributed by atoms with E-state index in [0.29, 0.717) is 0 Å². The fourth-order valence-corrected chi connectivity index (χ4v) is 2.53. The third-order valence-electron chi connectivity index (χ3n) is 3.88. The number of aliphatic hydroxyl groups is 3. The van der Waals surface area contributed by atoms with Gasteiger partial charge < -0.3 is 24.8 Å². The monoisotopic (exact) mass is 302 g/mol. The molecule has 5 atom stereocenters. The van der Waals surface area contributed by atoms with E-state index in [1.165, 1.54) is 25.7 Å². The second-order valence-corrected chi connectivity index (χ2v) is 5.79. The van der Waals surface area contributed by atoms with Crippen molar-refractivity contribution in [3.63, 3.8) is 0 Å². The minimum absolute atomic E-state index is 0.0394. The molecule has 0 saturated carbocycles. The van der Waals surface area contributed by atoms with Crippen LogP contribution in [0.25, 0.3) is 0 Å². The first-order chi connectivity index (χ1) is 10.1. The lowest BCUT2D eigenvalue weighted by Gasteiger charge is -2.20. The molecule has 0 aliphatic carbocycles. The van der Waals surface area contributed by atoms with Crippen molar-refractivity contribution >= 4 is 0 Å². The summed E-state index contributed by atoms with van der Waals surface area (Å²) in [5.74, 6) is 0. The normalized spacial score (nSPS) is 30.5. The highest BCUT2D eigenvalue weighted by Gasteiger charge is 2.43. The van der Waals surface area contributed by atoms with Crippen LogP contribution in [0.15, 0.2) is 12.7 Å². The lowest BCUT2D eigenvalue weighted by molar-refractivity contribution is -0.191. The number of rotatable bonds is 11. The molecule has 5 heteroatoms. The summed E-state index contributed by atoms with van der Waals surface area (Å²) in [4.78, 5) is 0. The average molecular weight is 302 g/mol. The summed E-state index contributed by atoms with van der Waals surface area (Å²) in [6, 6.07) is 0. The largest absolute Gasteiger partial charge is 0.394 e. The van der Waals surface area contributed by atoms with Crippen molar-refractivity contribution in [1.29, 1.82) is 0 Å². The Balaban J connectivity index is 2.11. The Morgan fingerprint density at radius 3 is 2.43 bits per heavy atom. The van der Waals surface area contributed by atoms with Crippen LogP contribution in [-0.4, -0.2) is 52.6 Å². The zero-order valence-corrected chi connectivity index (χ0v) is 13.0. The van der Waals surface area contributed by atoms with Gasteiger partial charge in [-0.3, -0.25) is 0 Å². The van der Waals surface area contributed by atoms with Crippen molar-refractivity contribution in [3.05, 3.63) is 12.7 Å². The Bertz CT molecular complexity index is 284. The highest BCUT2D eigenvalue weighted by atomic mass is 16.7. The first-order valence-corrected chi connectivity index (χ1v) is 7.99. The summed E-state index contributed by atoms with van der Waals surface area (Å²) in [5, 5.41) is 28.4. The number of aliphatic hydroxyl groups excluding tert-OH is 3. The third-order valence-corrected chi connectivity index (χ3v) is 3.88. The molecule has 21 heavy (non-hydrogen) atoms. The molecule has 1 rings (SSSR count). The van der Waals surface area contributed by atoms with Gasteiger partial charge in [-0.2, -0.15) is 0 Å². The topological polar surface area (TPSA) is 79.2 Å². The quantitative estimate of drug-likeness (QED) is 0.400. The van der Waals surface area contributed by atoms with Gasteiger partial charge in [0.1, 0.15) is 18.3 Å². The van der Waals surface area contributed by atoms with Gasteiger partial charge >= 0.3 is 0 Å². The molecule has 0 aromatic heterocycles. The van der Waals surface area contributed by atoms with Crippen LogP contribution in [0, 0.1) is 0 Å². The maximum Gasteiger partial charge on any atom is 0.186 e. The molecule has 1 aliphatic heterocycles. The summed E-state index contributed by atoms with van der Waals surface area (Å²) < 4.78 is 10.9. The van der Waals surface area contributed by atoms with Crippen LogP contribution in [0.2, 0.25) is 0 Å². The molecule has 124 valence electrons. The smallest absolute Gasteiger partial charge is 0.186 e. The van der Waals surface area contributed by atoms with Crippen LogP contribution in [0.3, 0.4) is 0 Å². The van der Waals surface area contributed by atoms with Crippen molar-refractivity contribution in [2.45, 2.75) is 82.6 Å². The molecule has 1 unspecified atom stereocenters. The first kappa shape index (κ1) is 18.6. The van der Waals surface area contributed by atoms with Crippen LogP contribution >= 0.6 is 0 Å². The van der Waals surface area contributed by atoms with Gasteiger partial charge in [-0.05, 0) is 26.2 Å². The van der Waals surface area contributed by atoms with Crippen molar-refractivity contribution in [2.75, 3.05) is 6.61 Å². The molecule has 0 spiro atoms. The SMILES string of the molecule is C=CCCCCCCCC(C)O[C@H]1O[C@H](CO)[C@@H](O)[C@@H]1O. The standard InChI is InChI=1S/C16H30O5/c1-3-4-5-6-7-8-9-10-12(2)20-16-15(19)14(18)13(11-17)21-16/h3,12-19H,1,4-11H2,2H3/t12?,13-,14-,15+,16+/m1/s1. The van der Waals surface area contributed by atoms with E-state index < -0.39 is 24.6 Å². The fourth-order valence-electron chi connectivity index (χ4n) is 2.53. The zero-order chi connectivity index (χ0) is 15.7. The fraction of sp³-hybridized carbons (Fsp3) is 0.875. The predicted octanol–water partition coefficient (Wildman–Crippen LogP) is 1.75. The van der Waals surface area contributed by atoms with Crippen LogP contribution < -0.4 is 0 Å². The van der Waals surface area contributed by atoms with Crippen LogP contribution in [-0.2, 0) is 9.47 Å². The summed E-state index contributed by atoms with van der Waals surface area (Å²) in [5.41, 5.74) is 0. The van der Waals surface area contributed by atoms with E-state index in [1.807, 2.05) is 13.0 Å². The molecular weight excluding hydrogens is 272 g/mol. The minimum Gasteiger partial charge on any atom is -0.394 e. The molecule has 1 saturated heterocycles. The molecule has 5 nitrogen and oxygen atoms in total. The van der Waals surface area contributed by atoms with E-state index in [-0.39, 0.29) is 12.7 Å². The third kappa shape index (κ3) is 6.45. The zero-order valence-electron chi connectivity index (χ0n) is 13.0. The summed E-state index contributed by atoms with van der Waals surface area (Å²) in [6.45, 7) is 5.32. The lowest BCUT2D eigenvalue weighted by Crippen LogP contribution is -2.35. The number of ether oxygens (including phenoxy) is 2. The molecule has 0 radical (unpaired) electrons. The molecular formula is C16H30O5. The predicted molar refractivity (Wildman–Crippen MR) is 80.8 cm³/mol.